The second-order valence-corrected chi connectivity index (χ2v) is 6.50. The van der Waals surface area contributed by atoms with Gasteiger partial charge in [-0.1, -0.05) is 13.8 Å². The molecule has 1 unspecified atom stereocenters. The van der Waals surface area contributed by atoms with Gasteiger partial charge in [-0.15, -0.1) is 0 Å². The summed E-state index contributed by atoms with van der Waals surface area (Å²) in [6, 6.07) is 3.46. The Bertz CT molecular complexity index is 526. The number of amides is 1. The number of nitrogen functional groups attached to an aromatic ring is 1. The SMILES string of the molecule is CC(C)c1cc(C(=O)N2CCCC(C)(O)CC2)cc(N)n1. The molecule has 0 bridgehead atoms. The van der Waals surface area contributed by atoms with Crippen molar-refractivity contribution < 1.29 is 9.90 Å². The Morgan fingerprint density at radius 3 is 2.76 bits per heavy atom. The highest BCUT2D eigenvalue weighted by Gasteiger charge is 2.27. The molecular weight excluding hydrogens is 266 g/mol. The topological polar surface area (TPSA) is 79.5 Å². The minimum absolute atomic E-state index is 0.0244. The van der Waals surface area contributed by atoms with E-state index < -0.39 is 5.60 Å². The van der Waals surface area contributed by atoms with Gasteiger partial charge in [0, 0.05) is 24.3 Å². The van der Waals surface area contributed by atoms with Crippen molar-refractivity contribution in [3.8, 4) is 0 Å². The number of carbonyl (C=O) groups excluding carboxylic acids is 1. The van der Waals surface area contributed by atoms with E-state index in [-0.39, 0.29) is 11.8 Å². The number of hydrogen-bond donors (Lipinski definition) is 2. The first-order valence-electron chi connectivity index (χ1n) is 7.57. The fraction of sp³-hybridized carbons (Fsp3) is 0.625. The van der Waals surface area contributed by atoms with Gasteiger partial charge in [0.05, 0.1) is 5.60 Å². The van der Waals surface area contributed by atoms with Crippen LogP contribution in [0.25, 0.3) is 0 Å². The highest BCUT2D eigenvalue weighted by Crippen LogP contribution is 2.23. The highest BCUT2D eigenvalue weighted by atomic mass is 16.3. The summed E-state index contributed by atoms with van der Waals surface area (Å²) in [5.41, 5.74) is 6.57. The molecule has 1 amide bonds. The predicted octanol–water partition coefficient (Wildman–Crippen LogP) is 2.16. The summed E-state index contributed by atoms with van der Waals surface area (Å²) in [6.07, 6.45) is 2.15. The van der Waals surface area contributed by atoms with Gasteiger partial charge in [0.2, 0.25) is 0 Å². The van der Waals surface area contributed by atoms with Gasteiger partial charge < -0.3 is 15.7 Å². The van der Waals surface area contributed by atoms with Crippen molar-refractivity contribution in [3.63, 3.8) is 0 Å². The maximum absolute atomic E-state index is 12.7. The van der Waals surface area contributed by atoms with Gasteiger partial charge in [-0.05, 0) is 44.2 Å². The molecule has 1 aliphatic heterocycles. The van der Waals surface area contributed by atoms with Gasteiger partial charge in [0.25, 0.3) is 5.91 Å². The third kappa shape index (κ3) is 3.94. The van der Waals surface area contributed by atoms with Crippen LogP contribution >= 0.6 is 0 Å². The molecule has 1 aliphatic rings. The second kappa shape index (κ2) is 6.02. The van der Waals surface area contributed by atoms with Crippen LogP contribution in [0.1, 0.15) is 62.0 Å². The molecule has 0 aliphatic carbocycles. The van der Waals surface area contributed by atoms with Crippen molar-refractivity contribution in [1.29, 1.82) is 0 Å². The molecule has 3 N–H and O–H groups in total. The monoisotopic (exact) mass is 291 g/mol. The summed E-state index contributed by atoms with van der Waals surface area (Å²) in [7, 11) is 0. The van der Waals surface area contributed by atoms with Gasteiger partial charge in [-0.25, -0.2) is 4.98 Å². The van der Waals surface area contributed by atoms with E-state index in [0.29, 0.717) is 30.9 Å². The molecular formula is C16H25N3O2. The number of hydrogen-bond acceptors (Lipinski definition) is 4. The van der Waals surface area contributed by atoms with Gasteiger partial charge in [-0.2, -0.15) is 0 Å². The van der Waals surface area contributed by atoms with E-state index in [0.717, 1.165) is 18.5 Å². The normalized spacial score (nSPS) is 23.2. The van der Waals surface area contributed by atoms with Gasteiger partial charge in [-0.3, -0.25) is 4.79 Å². The molecule has 1 aromatic heterocycles. The van der Waals surface area contributed by atoms with Crippen LogP contribution in [0.4, 0.5) is 5.82 Å². The molecule has 0 aromatic carbocycles. The standard InChI is InChI=1S/C16H25N3O2/c1-11(2)13-9-12(10-14(17)18-13)15(20)19-7-4-5-16(3,21)6-8-19/h9-11,21H,4-8H2,1-3H3,(H2,17,18). The number of nitrogens with two attached hydrogens (primary N) is 1. The maximum Gasteiger partial charge on any atom is 0.254 e. The Balaban J connectivity index is 2.20. The number of pyridine rings is 1. The summed E-state index contributed by atoms with van der Waals surface area (Å²) in [6.45, 7) is 7.14. The van der Waals surface area contributed by atoms with Crippen molar-refractivity contribution >= 4 is 11.7 Å². The Labute approximate surface area is 126 Å². The molecule has 2 heterocycles. The Morgan fingerprint density at radius 1 is 1.38 bits per heavy atom. The zero-order valence-electron chi connectivity index (χ0n) is 13.1. The van der Waals surface area contributed by atoms with E-state index in [2.05, 4.69) is 4.98 Å². The lowest BCUT2D eigenvalue weighted by molar-refractivity contribution is 0.0438. The molecule has 1 atom stereocenters. The molecule has 1 fully saturated rings. The van der Waals surface area contributed by atoms with E-state index in [4.69, 9.17) is 5.73 Å². The smallest absolute Gasteiger partial charge is 0.254 e. The summed E-state index contributed by atoms with van der Waals surface area (Å²) < 4.78 is 0. The molecule has 0 spiro atoms. The molecule has 1 aromatic rings. The van der Waals surface area contributed by atoms with Gasteiger partial charge in [0.15, 0.2) is 0 Å². The number of nitrogens with zero attached hydrogens (tertiary/aromatic N) is 2. The average molecular weight is 291 g/mol. The maximum atomic E-state index is 12.7. The quantitative estimate of drug-likeness (QED) is 0.875. The first-order valence-corrected chi connectivity index (χ1v) is 7.57. The zero-order valence-corrected chi connectivity index (χ0v) is 13.1. The first kappa shape index (κ1) is 15.8. The molecule has 5 nitrogen and oxygen atoms in total. The zero-order chi connectivity index (χ0) is 15.6. The fourth-order valence-electron chi connectivity index (χ4n) is 2.64. The van der Waals surface area contributed by atoms with E-state index >= 15 is 0 Å². The summed E-state index contributed by atoms with van der Waals surface area (Å²) in [5, 5.41) is 10.1. The lowest BCUT2D eigenvalue weighted by Crippen LogP contribution is -2.33. The molecule has 2 rings (SSSR count). The van der Waals surface area contributed by atoms with Crippen LogP contribution in [0.5, 0.6) is 0 Å². The van der Waals surface area contributed by atoms with Gasteiger partial charge >= 0.3 is 0 Å². The molecule has 21 heavy (non-hydrogen) atoms. The Kier molecular flexibility index (Phi) is 4.52. The van der Waals surface area contributed by atoms with Crippen LogP contribution in [-0.2, 0) is 0 Å². The summed E-state index contributed by atoms with van der Waals surface area (Å²) in [5.74, 6) is 0.583. The lowest BCUT2D eigenvalue weighted by Gasteiger charge is -2.23. The number of aliphatic hydroxyl groups is 1. The van der Waals surface area contributed by atoms with Gasteiger partial charge in [0.1, 0.15) is 5.82 Å². The van der Waals surface area contributed by atoms with Crippen LogP contribution in [0.15, 0.2) is 12.1 Å². The van der Waals surface area contributed by atoms with E-state index in [1.54, 1.807) is 11.0 Å². The third-order valence-electron chi connectivity index (χ3n) is 4.05. The van der Waals surface area contributed by atoms with Crippen molar-refractivity contribution in [2.75, 3.05) is 18.8 Å². The molecule has 5 heteroatoms. The number of anilines is 1. The van der Waals surface area contributed by atoms with Crippen LogP contribution in [0.2, 0.25) is 0 Å². The molecule has 0 saturated carbocycles. The number of rotatable bonds is 2. The van der Waals surface area contributed by atoms with Crippen molar-refractivity contribution in [3.05, 3.63) is 23.4 Å². The largest absolute Gasteiger partial charge is 0.390 e. The van der Waals surface area contributed by atoms with Crippen LogP contribution in [0.3, 0.4) is 0 Å². The van der Waals surface area contributed by atoms with E-state index in [9.17, 15) is 9.90 Å². The lowest BCUT2D eigenvalue weighted by atomic mass is 9.98. The minimum Gasteiger partial charge on any atom is -0.390 e. The van der Waals surface area contributed by atoms with Crippen molar-refractivity contribution in [2.45, 2.75) is 51.6 Å². The fourth-order valence-corrected chi connectivity index (χ4v) is 2.64. The van der Waals surface area contributed by atoms with Crippen LogP contribution in [0, 0.1) is 0 Å². The number of aromatic nitrogens is 1. The average Bonchev–Trinajstić information content (AvgIpc) is 2.58. The van der Waals surface area contributed by atoms with Crippen molar-refractivity contribution in [2.24, 2.45) is 0 Å². The second-order valence-electron chi connectivity index (χ2n) is 6.50. The third-order valence-corrected chi connectivity index (χ3v) is 4.05. The summed E-state index contributed by atoms with van der Waals surface area (Å²) in [4.78, 5) is 18.7. The molecule has 116 valence electrons. The Hall–Kier alpha value is -1.62. The van der Waals surface area contributed by atoms with Crippen molar-refractivity contribution in [1.82, 2.24) is 9.88 Å². The van der Waals surface area contributed by atoms with Crippen LogP contribution < -0.4 is 5.73 Å². The first-order chi connectivity index (χ1) is 9.78. The summed E-state index contributed by atoms with van der Waals surface area (Å²) >= 11 is 0. The molecule has 1 saturated heterocycles. The highest BCUT2D eigenvalue weighted by molar-refractivity contribution is 5.95. The van der Waals surface area contributed by atoms with E-state index in [1.165, 1.54) is 0 Å². The minimum atomic E-state index is -0.671. The number of likely N-dealkylation sites (tertiary alicyclic amines) is 1. The number of carbonyl (C=O) groups is 1. The Morgan fingerprint density at radius 2 is 2.10 bits per heavy atom. The predicted molar refractivity (Wildman–Crippen MR) is 83.1 cm³/mol. The van der Waals surface area contributed by atoms with Crippen LogP contribution in [-0.4, -0.2) is 39.6 Å². The van der Waals surface area contributed by atoms with E-state index in [1.807, 2.05) is 26.8 Å². The molecule has 0 radical (unpaired) electrons.